The van der Waals surface area contributed by atoms with Crippen LogP contribution in [0.15, 0.2) is 193 Å². The first-order chi connectivity index (χ1) is 27.0. The number of rotatable bonds is 12. The summed E-state index contributed by atoms with van der Waals surface area (Å²) in [5, 5.41) is 6.05. The lowest BCUT2D eigenvalue weighted by molar-refractivity contribution is -0.154. The molecule has 2 atom stereocenters. The second kappa shape index (κ2) is 16.3. The minimum Gasteiger partial charge on any atom is -0.448 e. The molecule has 1 fully saturated rings. The average Bonchev–Trinajstić information content (AvgIpc) is 3.25. The fourth-order valence-electron chi connectivity index (χ4n) is 7.60. The van der Waals surface area contributed by atoms with Crippen LogP contribution in [0.3, 0.4) is 0 Å². The van der Waals surface area contributed by atoms with Gasteiger partial charge in [0.1, 0.15) is 40.3 Å². The first-order valence-electron chi connectivity index (χ1n) is 18.4. The molecule has 8 rings (SSSR count). The molecule has 6 aromatic rings. The summed E-state index contributed by atoms with van der Waals surface area (Å²) in [6.07, 6.45) is -0.0245. The molecular weight excluding hydrogens is 720 g/mol. The topological polar surface area (TPSA) is 75.7 Å². The Bertz CT molecular complexity index is 2160. The van der Waals surface area contributed by atoms with E-state index < -0.39 is 30.8 Å². The smallest absolute Gasteiger partial charge is 0.356 e. The summed E-state index contributed by atoms with van der Waals surface area (Å²) >= 11 is 1.58. The van der Waals surface area contributed by atoms with E-state index in [1.807, 2.05) is 109 Å². The summed E-state index contributed by atoms with van der Waals surface area (Å²) in [5.74, 6) is -0.631. The summed E-state index contributed by atoms with van der Waals surface area (Å²) in [5.41, 5.74) is 3.63. The van der Waals surface area contributed by atoms with E-state index in [0.29, 0.717) is 11.9 Å². The Morgan fingerprint density at radius 3 is 1.56 bits per heavy atom. The number of nitrogens with one attached hydrogen (secondary N) is 1. The third-order valence-corrected chi connectivity index (χ3v) is 15.9. The molecular formula is C47H40N2O4PS+. The number of benzene rings is 6. The van der Waals surface area contributed by atoms with E-state index in [0.717, 1.165) is 22.3 Å². The second-order valence-corrected chi connectivity index (χ2v) is 18.2. The molecule has 0 spiro atoms. The lowest BCUT2D eigenvalue weighted by Crippen LogP contribution is -2.70. The highest BCUT2D eigenvalue weighted by Crippen LogP contribution is 2.58. The van der Waals surface area contributed by atoms with Crippen molar-refractivity contribution in [2.75, 3.05) is 11.9 Å². The molecule has 2 amide bonds. The molecule has 6 aromatic carbocycles. The number of carbonyl (C=O) groups is 3. The Balaban J connectivity index is 1.23. The third kappa shape index (κ3) is 7.38. The summed E-state index contributed by atoms with van der Waals surface area (Å²) in [6, 6.07) is 59.6. The van der Waals surface area contributed by atoms with Crippen molar-refractivity contribution in [3.63, 3.8) is 0 Å². The number of thioether (sulfide) groups is 1. The molecule has 0 saturated carbocycles. The monoisotopic (exact) mass is 759 g/mol. The van der Waals surface area contributed by atoms with E-state index in [-0.39, 0.29) is 23.9 Å². The first-order valence-corrected chi connectivity index (χ1v) is 21.4. The van der Waals surface area contributed by atoms with E-state index >= 15 is 4.79 Å². The molecule has 0 bridgehead atoms. The van der Waals surface area contributed by atoms with Crippen LogP contribution < -0.4 is 21.2 Å². The predicted octanol–water partition coefficient (Wildman–Crippen LogP) is 7.21. The van der Waals surface area contributed by atoms with E-state index in [1.165, 1.54) is 15.9 Å². The quantitative estimate of drug-likeness (QED) is 0.0812. The van der Waals surface area contributed by atoms with Gasteiger partial charge >= 0.3 is 5.97 Å². The molecule has 1 saturated heterocycles. The molecule has 0 unspecified atom stereocenters. The summed E-state index contributed by atoms with van der Waals surface area (Å²) in [6.45, 7) is 0. The van der Waals surface area contributed by atoms with Crippen molar-refractivity contribution in [2.45, 2.75) is 23.9 Å². The van der Waals surface area contributed by atoms with Crippen LogP contribution in [-0.2, 0) is 25.5 Å². The Kier molecular flexibility index (Phi) is 10.8. The zero-order valence-electron chi connectivity index (χ0n) is 30.1. The summed E-state index contributed by atoms with van der Waals surface area (Å²) in [7, 11) is -2.45. The fourth-order valence-corrected chi connectivity index (χ4v) is 13.4. The first kappa shape index (κ1) is 36.2. The SMILES string of the molecule is O=C(Cc1ccccc1)N[C@@H]1C(=O)N2C(C(=O)OC(c3ccccc3)c3ccccc3)=C(C[P+](c3ccccc3)(c3ccccc3)c3ccccc3)CS[C@H]12. The van der Waals surface area contributed by atoms with Gasteiger partial charge in [0.25, 0.3) is 5.91 Å². The Morgan fingerprint density at radius 1 is 0.655 bits per heavy atom. The minimum atomic E-state index is -2.45. The summed E-state index contributed by atoms with van der Waals surface area (Å²) < 4.78 is 6.55. The van der Waals surface area contributed by atoms with Gasteiger partial charge in [0.05, 0.1) is 12.6 Å². The van der Waals surface area contributed by atoms with Gasteiger partial charge in [-0.05, 0) is 53.1 Å². The van der Waals surface area contributed by atoms with Gasteiger partial charge in [0.2, 0.25) is 5.91 Å². The molecule has 272 valence electrons. The average molecular weight is 760 g/mol. The Hall–Kier alpha value is -5.75. The number of fused-ring (bicyclic) bond motifs is 1. The maximum absolute atomic E-state index is 15.0. The van der Waals surface area contributed by atoms with Gasteiger partial charge in [-0.3, -0.25) is 14.5 Å². The van der Waals surface area contributed by atoms with Crippen LogP contribution in [0.4, 0.5) is 0 Å². The van der Waals surface area contributed by atoms with Crippen molar-refractivity contribution >= 4 is 52.7 Å². The van der Waals surface area contributed by atoms with Crippen molar-refractivity contribution in [2.24, 2.45) is 0 Å². The van der Waals surface area contributed by atoms with E-state index in [4.69, 9.17) is 4.74 Å². The maximum atomic E-state index is 15.0. The van der Waals surface area contributed by atoms with Gasteiger partial charge in [-0.15, -0.1) is 11.8 Å². The van der Waals surface area contributed by atoms with Gasteiger partial charge < -0.3 is 10.1 Å². The molecule has 55 heavy (non-hydrogen) atoms. The van der Waals surface area contributed by atoms with Crippen LogP contribution in [0, 0.1) is 0 Å². The van der Waals surface area contributed by atoms with E-state index in [2.05, 4.69) is 78.1 Å². The standard InChI is InChI=1S/C47H39N2O4PS/c50-41(31-34-19-7-1-8-20-34)48-42-45(51)49-43(47(52)53-44(35-21-9-2-10-22-35)36-23-11-3-12-24-36)37(33-55-46(42)49)32-54(38-25-13-4-14-26-38,39-27-15-5-16-28-39)40-29-17-6-18-30-40/h1-30,42,44,46H,31-33H2/p+1/t42-,46-/m1/s1. The highest BCUT2D eigenvalue weighted by Gasteiger charge is 2.56. The van der Waals surface area contributed by atoms with Crippen LogP contribution in [0.5, 0.6) is 0 Å². The number of ether oxygens (including phenoxy) is 1. The van der Waals surface area contributed by atoms with Gasteiger partial charge in [0.15, 0.2) is 6.10 Å². The van der Waals surface area contributed by atoms with Crippen molar-refractivity contribution in [3.8, 4) is 0 Å². The lowest BCUT2D eigenvalue weighted by atomic mass is 10.0. The highest BCUT2D eigenvalue weighted by molar-refractivity contribution is 8.00. The van der Waals surface area contributed by atoms with E-state index in [1.54, 1.807) is 16.7 Å². The predicted molar refractivity (Wildman–Crippen MR) is 223 cm³/mol. The van der Waals surface area contributed by atoms with Gasteiger partial charge in [-0.25, -0.2) is 4.79 Å². The molecule has 2 heterocycles. The zero-order chi connectivity index (χ0) is 37.6. The lowest BCUT2D eigenvalue weighted by Gasteiger charge is -2.50. The molecule has 0 aromatic heterocycles. The maximum Gasteiger partial charge on any atom is 0.356 e. The number of hydrogen-bond acceptors (Lipinski definition) is 5. The highest BCUT2D eigenvalue weighted by atomic mass is 32.2. The number of β-lactam (4-membered cyclic amide) rings is 1. The van der Waals surface area contributed by atoms with Crippen LogP contribution in [0.2, 0.25) is 0 Å². The van der Waals surface area contributed by atoms with Gasteiger partial charge in [-0.1, -0.05) is 146 Å². The number of hydrogen-bond donors (Lipinski definition) is 1. The van der Waals surface area contributed by atoms with Crippen LogP contribution in [0.25, 0.3) is 0 Å². The van der Waals surface area contributed by atoms with E-state index in [9.17, 15) is 9.59 Å². The van der Waals surface area contributed by atoms with Crippen molar-refractivity contribution in [3.05, 3.63) is 210 Å². The number of nitrogens with zero attached hydrogens (tertiary/aromatic N) is 1. The molecule has 8 heteroatoms. The van der Waals surface area contributed by atoms with Crippen molar-refractivity contribution in [1.82, 2.24) is 10.2 Å². The van der Waals surface area contributed by atoms with Crippen LogP contribution in [0.1, 0.15) is 22.8 Å². The fraction of sp³-hybridized carbons (Fsp3) is 0.128. The molecule has 1 N–H and O–H groups in total. The van der Waals surface area contributed by atoms with Crippen LogP contribution in [-0.4, -0.2) is 46.0 Å². The molecule has 0 radical (unpaired) electrons. The Morgan fingerprint density at radius 2 is 1.09 bits per heavy atom. The van der Waals surface area contributed by atoms with Crippen molar-refractivity contribution < 1.29 is 19.1 Å². The summed E-state index contributed by atoms with van der Waals surface area (Å²) in [4.78, 5) is 44.1. The van der Waals surface area contributed by atoms with Gasteiger partial charge in [-0.2, -0.15) is 0 Å². The second-order valence-electron chi connectivity index (χ2n) is 13.7. The zero-order valence-corrected chi connectivity index (χ0v) is 31.8. The molecule has 2 aliphatic heterocycles. The largest absolute Gasteiger partial charge is 0.448 e. The molecule has 0 aliphatic carbocycles. The number of esters is 1. The normalized spacial score (nSPS) is 16.6. The minimum absolute atomic E-state index is 0.159. The molecule has 2 aliphatic rings. The number of carbonyl (C=O) groups excluding carboxylic acids is 3. The Labute approximate surface area is 326 Å². The third-order valence-electron chi connectivity index (χ3n) is 10.2. The van der Waals surface area contributed by atoms with Crippen LogP contribution >= 0.6 is 19.0 Å². The molecule has 6 nitrogen and oxygen atoms in total. The van der Waals surface area contributed by atoms with Gasteiger partial charge in [0, 0.05) is 11.3 Å². The number of amides is 2. The van der Waals surface area contributed by atoms with Crippen molar-refractivity contribution in [1.29, 1.82) is 0 Å².